The van der Waals surface area contributed by atoms with Crippen LogP contribution < -0.4 is 16.0 Å². The highest BCUT2D eigenvalue weighted by Gasteiger charge is 2.20. The van der Waals surface area contributed by atoms with Gasteiger partial charge < -0.3 is 20.7 Å². The molecule has 2 rings (SSSR count). The number of guanidine groups is 1. The molecule has 1 aliphatic rings. The molecule has 0 atom stereocenters. The first-order valence-electron chi connectivity index (χ1n) is 9.16. The van der Waals surface area contributed by atoms with E-state index in [2.05, 4.69) is 20.9 Å². The maximum absolute atomic E-state index is 13.5. The van der Waals surface area contributed by atoms with Crippen LogP contribution in [0.1, 0.15) is 35.2 Å². The van der Waals surface area contributed by atoms with Crippen molar-refractivity contribution < 1.29 is 13.9 Å². The third kappa shape index (κ3) is 7.39. The van der Waals surface area contributed by atoms with Gasteiger partial charge in [-0.15, -0.1) is 0 Å². The first-order chi connectivity index (χ1) is 12.6. The lowest BCUT2D eigenvalue weighted by Crippen LogP contribution is -2.42. The van der Waals surface area contributed by atoms with Crippen LogP contribution in [0.2, 0.25) is 0 Å². The zero-order valence-electron chi connectivity index (χ0n) is 15.6. The van der Waals surface area contributed by atoms with Gasteiger partial charge in [-0.2, -0.15) is 0 Å². The Bertz CT molecular complexity index is 618. The van der Waals surface area contributed by atoms with E-state index in [9.17, 15) is 9.18 Å². The second-order valence-electron chi connectivity index (χ2n) is 6.52. The lowest BCUT2D eigenvalue weighted by atomic mass is 10.1. The van der Waals surface area contributed by atoms with Crippen molar-refractivity contribution in [2.45, 2.75) is 26.2 Å². The Kier molecular flexibility index (Phi) is 8.34. The van der Waals surface area contributed by atoms with E-state index < -0.39 is 0 Å². The van der Waals surface area contributed by atoms with Crippen LogP contribution >= 0.6 is 0 Å². The maximum Gasteiger partial charge on any atom is 0.251 e. The van der Waals surface area contributed by atoms with E-state index in [-0.39, 0.29) is 11.7 Å². The number of benzene rings is 1. The number of carbonyl (C=O) groups excluding carboxylic acids is 1. The van der Waals surface area contributed by atoms with Crippen molar-refractivity contribution in [2.75, 3.05) is 39.9 Å². The van der Waals surface area contributed by atoms with E-state index in [1.807, 2.05) is 0 Å². The first-order valence-corrected chi connectivity index (χ1v) is 9.16. The Morgan fingerprint density at radius 2 is 1.96 bits per heavy atom. The molecular formula is C19H29FN4O2. The van der Waals surface area contributed by atoms with Crippen molar-refractivity contribution in [3.05, 3.63) is 35.1 Å². The smallest absolute Gasteiger partial charge is 0.251 e. The zero-order chi connectivity index (χ0) is 18.8. The van der Waals surface area contributed by atoms with E-state index in [1.165, 1.54) is 18.9 Å². The van der Waals surface area contributed by atoms with Crippen molar-refractivity contribution >= 4 is 11.9 Å². The number of rotatable bonds is 10. The van der Waals surface area contributed by atoms with Gasteiger partial charge in [0.25, 0.3) is 5.91 Å². The van der Waals surface area contributed by atoms with Crippen LogP contribution in [0.3, 0.4) is 0 Å². The summed E-state index contributed by atoms with van der Waals surface area (Å²) in [6.45, 7) is 5.02. The third-order valence-electron chi connectivity index (χ3n) is 4.17. The van der Waals surface area contributed by atoms with Gasteiger partial charge in [-0.1, -0.05) is 6.07 Å². The predicted octanol–water partition coefficient (Wildman–Crippen LogP) is 1.85. The highest BCUT2D eigenvalue weighted by Crippen LogP contribution is 2.28. The first kappa shape index (κ1) is 20.2. The predicted molar refractivity (Wildman–Crippen MR) is 101 cm³/mol. The summed E-state index contributed by atoms with van der Waals surface area (Å²) in [4.78, 5) is 16.1. The minimum absolute atomic E-state index is 0.290. The molecule has 1 fully saturated rings. The van der Waals surface area contributed by atoms with Gasteiger partial charge in [0.15, 0.2) is 5.96 Å². The zero-order valence-corrected chi connectivity index (χ0v) is 15.6. The van der Waals surface area contributed by atoms with Gasteiger partial charge in [0, 0.05) is 45.5 Å². The molecule has 144 valence electrons. The van der Waals surface area contributed by atoms with Gasteiger partial charge in [-0.25, -0.2) is 4.39 Å². The molecule has 0 spiro atoms. The number of ether oxygens (including phenoxy) is 1. The molecule has 0 heterocycles. The monoisotopic (exact) mass is 364 g/mol. The highest BCUT2D eigenvalue weighted by atomic mass is 19.1. The number of aliphatic imine (C=N–C) groups is 1. The van der Waals surface area contributed by atoms with E-state index in [1.54, 1.807) is 26.1 Å². The van der Waals surface area contributed by atoms with Crippen molar-refractivity contribution in [3.8, 4) is 0 Å². The molecule has 1 amide bonds. The van der Waals surface area contributed by atoms with Gasteiger partial charge in [0.2, 0.25) is 0 Å². The standard InChI is InChI=1S/C19H29FN4O2/c1-14-4-7-16(12-17(14)20)18(25)22-9-10-24-19(21-2)23-8-3-11-26-13-15-5-6-15/h4,7,12,15H,3,5-6,8-11,13H2,1-2H3,(H,22,25)(H2,21,23,24). The molecule has 0 aromatic heterocycles. The van der Waals surface area contributed by atoms with Crippen LogP contribution in [0.25, 0.3) is 0 Å². The number of carbonyl (C=O) groups is 1. The molecule has 1 aromatic rings. The summed E-state index contributed by atoms with van der Waals surface area (Å²) < 4.78 is 19.1. The van der Waals surface area contributed by atoms with Crippen molar-refractivity contribution in [1.29, 1.82) is 0 Å². The molecule has 0 aliphatic heterocycles. The fraction of sp³-hybridized carbons (Fsp3) is 0.579. The largest absolute Gasteiger partial charge is 0.381 e. The van der Waals surface area contributed by atoms with Crippen LogP contribution in [-0.4, -0.2) is 51.8 Å². The molecule has 0 saturated heterocycles. The lowest BCUT2D eigenvalue weighted by molar-refractivity contribution is 0.0954. The van der Waals surface area contributed by atoms with E-state index in [0.29, 0.717) is 30.2 Å². The normalized spacial score (nSPS) is 14.2. The lowest BCUT2D eigenvalue weighted by Gasteiger charge is -2.12. The van der Waals surface area contributed by atoms with E-state index >= 15 is 0 Å². The van der Waals surface area contributed by atoms with E-state index in [4.69, 9.17) is 4.74 Å². The Balaban J connectivity index is 1.54. The number of hydrogen-bond donors (Lipinski definition) is 3. The van der Waals surface area contributed by atoms with Gasteiger partial charge in [0.1, 0.15) is 5.82 Å². The molecule has 1 aliphatic carbocycles. The number of hydrogen-bond acceptors (Lipinski definition) is 3. The number of nitrogens with one attached hydrogen (secondary N) is 3. The Morgan fingerprint density at radius 1 is 1.23 bits per heavy atom. The Hall–Kier alpha value is -2.15. The molecule has 0 unspecified atom stereocenters. The van der Waals surface area contributed by atoms with Crippen LogP contribution in [0.4, 0.5) is 4.39 Å². The molecule has 26 heavy (non-hydrogen) atoms. The van der Waals surface area contributed by atoms with Gasteiger partial charge in [-0.05, 0) is 49.8 Å². The van der Waals surface area contributed by atoms with Crippen molar-refractivity contribution in [2.24, 2.45) is 10.9 Å². The summed E-state index contributed by atoms with van der Waals surface area (Å²) in [7, 11) is 1.70. The van der Waals surface area contributed by atoms with Crippen LogP contribution in [0, 0.1) is 18.7 Å². The third-order valence-corrected chi connectivity index (χ3v) is 4.17. The molecule has 1 saturated carbocycles. The minimum atomic E-state index is -0.374. The summed E-state index contributed by atoms with van der Waals surface area (Å²) in [5, 5.41) is 9.08. The molecule has 1 aromatic carbocycles. The quantitative estimate of drug-likeness (QED) is 0.336. The second-order valence-corrected chi connectivity index (χ2v) is 6.52. The second kappa shape index (κ2) is 10.8. The minimum Gasteiger partial charge on any atom is -0.381 e. The van der Waals surface area contributed by atoms with Crippen LogP contribution in [-0.2, 0) is 4.74 Å². The van der Waals surface area contributed by atoms with Gasteiger partial charge >= 0.3 is 0 Å². The SMILES string of the molecule is CN=C(NCCCOCC1CC1)NCCNC(=O)c1ccc(C)c(F)c1. The Labute approximate surface area is 154 Å². The fourth-order valence-electron chi connectivity index (χ4n) is 2.33. The fourth-order valence-corrected chi connectivity index (χ4v) is 2.33. The number of aryl methyl sites for hydroxylation is 1. The maximum atomic E-state index is 13.5. The molecule has 7 heteroatoms. The van der Waals surface area contributed by atoms with E-state index in [0.717, 1.165) is 32.1 Å². The average molecular weight is 364 g/mol. The Morgan fingerprint density at radius 3 is 2.65 bits per heavy atom. The topological polar surface area (TPSA) is 74.8 Å². The average Bonchev–Trinajstić information content (AvgIpc) is 3.46. The van der Waals surface area contributed by atoms with Crippen molar-refractivity contribution in [1.82, 2.24) is 16.0 Å². The highest BCUT2D eigenvalue weighted by molar-refractivity contribution is 5.94. The summed E-state index contributed by atoms with van der Waals surface area (Å²) in [5.41, 5.74) is 0.845. The van der Waals surface area contributed by atoms with Crippen LogP contribution in [0.15, 0.2) is 23.2 Å². The van der Waals surface area contributed by atoms with Gasteiger partial charge in [0.05, 0.1) is 0 Å². The molecule has 3 N–H and O–H groups in total. The van der Waals surface area contributed by atoms with Crippen LogP contribution in [0.5, 0.6) is 0 Å². The summed E-state index contributed by atoms with van der Waals surface area (Å²) in [6.07, 6.45) is 3.54. The summed E-state index contributed by atoms with van der Waals surface area (Å²) >= 11 is 0. The molecule has 0 bridgehead atoms. The number of amides is 1. The molecule has 0 radical (unpaired) electrons. The van der Waals surface area contributed by atoms with Gasteiger partial charge in [-0.3, -0.25) is 9.79 Å². The summed E-state index contributed by atoms with van der Waals surface area (Å²) in [6, 6.07) is 4.47. The number of nitrogens with zero attached hydrogens (tertiary/aromatic N) is 1. The number of halogens is 1. The molecular weight excluding hydrogens is 335 g/mol. The molecule has 6 nitrogen and oxygen atoms in total. The van der Waals surface area contributed by atoms with Crippen molar-refractivity contribution in [3.63, 3.8) is 0 Å². The summed E-state index contributed by atoms with van der Waals surface area (Å²) in [5.74, 6) is 0.815.